The first kappa shape index (κ1) is 17.2. The first-order chi connectivity index (χ1) is 11.4. The number of carbonyl (C=O) groups is 1. The van der Waals surface area contributed by atoms with E-state index in [0.717, 1.165) is 24.9 Å². The largest absolute Gasteiger partial charge is 0.390 e. The van der Waals surface area contributed by atoms with Crippen LogP contribution in [0.2, 0.25) is 0 Å². The average Bonchev–Trinajstić information content (AvgIpc) is 2.55. The second-order valence-electron chi connectivity index (χ2n) is 7.42. The van der Waals surface area contributed by atoms with Crippen LogP contribution < -0.4 is 5.32 Å². The topological polar surface area (TPSA) is 61.8 Å². The van der Waals surface area contributed by atoms with Gasteiger partial charge in [0.1, 0.15) is 0 Å². The summed E-state index contributed by atoms with van der Waals surface area (Å²) in [5.41, 5.74) is 1.18. The number of nitrogens with one attached hydrogen (secondary N) is 1. The lowest BCUT2D eigenvalue weighted by Crippen LogP contribution is -2.54. The number of aliphatic hydroxyl groups is 1. The molecule has 1 aromatic carbocycles. The van der Waals surface area contributed by atoms with Gasteiger partial charge < -0.3 is 20.1 Å². The van der Waals surface area contributed by atoms with Crippen LogP contribution in [-0.4, -0.2) is 46.9 Å². The zero-order chi connectivity index (χ0) is 17.2. The SMILES string of the molecule is CCc1ccc(NC(=O)N2CCC3(CC2)CC(C)(O)CCO3)cc1. The lowest BCUT2D eigenvalue weighted by molar-refractivity contribution is -0.169. The average molecular weight is 332 g/mol. The van der Waals surface area contributed by atoms with E-state index in [2.05, 4.69) is 12.2 Å². The maximum atomic E-state index is 12.4. The summed E-state index contributed by atoms with van der Waals surface area (Å²) in [7, 11) is 0. The Labute approximate surface area is 144 Å². The van der Waals surface area contributed by atoms with Crippen LogP contribution in [0.3, 0.4) is 0 Å². The van der Waals surface area contributed by atoms with Gasteiger partial charge >= 0.3 is 6.03 Å². The molecule has 3 rings (SSSR count). The second-order valence-corrected chi connectivity index (χ2v) is 7.42. The molecule has 0 aliphatic carbocycles. The molecule has 2 saturated heterocycles. The van der Waals surface area contributed by atoms with Crippen molar-refractivity contribution in [3.63, 3.8) is 0 Å². The van der Waals surface area contributed by atoms with Gasteiger partial charge in [-0.25, -0.2) is 4.79 Å². The summed E-state index contributed by atoms with van der Waals surface area (Å²) >= 11 is 0. The van der Waals surface area contributed by atoms with Crippen molar-refractivity contribution in [1.29, 1.82) is 0 Å². The smallest absolute Gasteiger partial charge is 0.321 e. The van der Waals surface area contributed by atoms with Crippen LogP contribution in [0.5, 0.6) is 0 Å². The molecule has 0 saturated carbocycles. The summed E-state index contributed by atoms with van der Waals surface area (Å²) in [5.74, 6) is 0. The van der Waals surface area contributed by atoms with Crippen molar-refractivity contribution < 1.29 is 14.6 Å². The molecule has 2 aliphatic rings. The molecule has 24 heavy (non-hydrogen) atoms. The van der Waals surface area contributed by atoms with E-state index in [0.29, 0.717) is 32.5 Å². The minimum absolute atomic E-state index is 0.0586. The predicted molar refractivity (Wildman–Crippen MR) is 94.2 cm³/mol. The molecule has 2 fully saturated rings. The number of likely N-dealkylation sites (tertiary alicyclic amines) is 1. The summed E-state index contributed by atoms with van der Waals surface area (Å²) in [6.07, 6.45) is 3.91. The van der Waals surface area contributed by atoms with Crippen molar-refractivity contribution >= 4 is 11.7 Å². The molecule has 0 aromatic heterocycles. The third kappa shape index (κ3) is 3.90. The molecular weight excluding hydrogens is 304 g/mol. The number of urea groups is 1. The molecule has 1 unspecified atom stereocenters. The third-order valence-electron chi connectivity index (χ3n) is 5.33. The van der Waals surface area contributed by atoms with Gasteiger partial charge in [0.05, 0.1) is 17.8 Å². The van der Waals surface area contributed by atoms with Gasteiger partial charge in [0.2, 0.25) is 0 Å². The molecule has 2 N–H and O–H groups in total. The fourth-order valence-corrected chi connectivity index (χ4v) is 3.79. The minimum Gasteiger partial charge on any atom is -0.390 e. The van der Waals surface area contributed by atoms with E-state index < -0.39 is 5.60 Å². The maximum absolute atomic E-state index is 12.4. The number of amides is 2. The molecule has 2 heterocycles. The quantitative estimate of drug-likeness (QED) is 0.874. The number of piperidine rings is 1. The van der Waals surface area contributed by atoms with Gasteiger partial charge in [0, 0.05) is 25.2 Å². The van der Waals surface area contributed by atoms with Crippen molar-refractivity contribution in [3.8, 4) is 0 Å². The van der Waals surface area contributed by atoms with E-state index in [1.165, 1.54) is 5.56 Å². The number of hydrogen-bond donors (Lipinski definition) is 2. The van der Waals surface area contributed by atoms with E-state index in [1.807, 2.05) is 36.1 Å². The Hall–Kier alpha value is -1.59. The number of anilines is 1. The first-order valence-corrected chi connectivity index (χ1v) is 8.93. The van der Waals surface area contributed by atoms with E-state index in [4.69, 9.17) is 4.74 Å². The van der Waals surface area contributed by atoms with Crippen LogP contribution in [0, 0.1) is 0 Å². The number of rotatable bonds is 2. The second kappa shape index (κ2) is 6.73. The van der Waals surface area contributed by atoms with Crippen molar-refractivity contribution in [1.82, 2.24) is 4.90 Å². The summed E-state index contributed by atoms with van der Waals surface area (Å²) in [4.78, 5) is 14.3. The number of carbonyl (C=O) groups excluding carboxylic acids is 1. The molecular formula is C19H28N2O3. The molecule has 5 nitrogen and oxygen atoms in total. The Morgan fingerprint density at radius 3 is 2.50 bits per heavy atom. The first-order valence-electron chi connectivity index (χ1n) is 8.93. The highest BCUT2D eigenvalue weighted by atomic mass is 16.5. The number of hydrogen-bond acceptors (Lipinski definition) is 3. The van der Waals surface area contributed by atoms with Gasteiger partial charge in [-0.1, -0.05) is 19.1 Å². The van der Waals surface area contributed by atoms with Gasteiger partial charge in [0.15, 0.2) is 0 Å². The highest BCUT2D eigenvalue weighted by Gasteiger charge is 2.44. The van der Waals surface area contributed by atoms with E-state index in [1.54, 1.807) is 0 Å². The fraction of sp³-hybridized carbons (Fsp3) is 0.632. The summed E-state index contributed by atoms with van der Waals surface area (Å²) in [6.45, 7) is 5.92. The van der Waals surface area contributed by atoms with Gasteiger partial charge in [-0.15, -0.1) is 0 Å². The van der Waals surface area contributed by atoms with Gasteiger partial charge in [-0.3, -0.25) is 0 Å². The van der Waals surface area contributed by atoms with Crippen LogP contribution in [0.1, 0.15) is 45.1 Å². The van der Waals surface area contributed by atoms with E-state index in [9.17, 15) is 9.90 Å². The summed E-state index contributed by atoms with van der Waals surface area (Å²) < 4.78 is 6.00. The Bertz CT molecular complexity index is 575. The van der Waals surface area contributed by atoms with Crippen molar-refractivity contribution in [3.05, 3.63) is 29.8 Å². The Balaban J connectivity index is 1.55. The number of benzene rings is 1. The molecule has 1 aromatic rings. The Morgan fingerprint density at radius 2 is 1.92 bits per heavy atom. The molecule has 0 bridgehead atoms. The Kier molecular flexibility index (Phi) is 4.83. The van der Waals surface area contributed by atoms with Gasteiger partial charge in [-0.2, -0.15) is 0 Å². The standard InChI is InChI=1S/C19H28N2O3/c1-3-15-4-6-16(7-5-15)20-17(22)21-11-8-19(9-12-21)14-18(2,23)10-13-24-19/h4-7,23H,3,8-14H2,1-2H3,(H,20,22). The number of aryl methyl sites for hydroxylation is 1. The molecule has 132 valence electrons. The maximum Gasteiger partial charge on any atom is 0.321 e. The van der Waals surface area contributed by atoms with Crippen LogP contribution in [0.25, 0.3) is 0 Å². The third-order valence-corrected chi connectivity index (χ3v) is 5.33. The molecule has 1 atom stereocenters. The van der Waals surface area contributed by atoms with Gasteiger partial charge in [-0.05, 0) is 50.3 Å². The lowest BCUT2D eigenvalue weighted by atomic mass is 9.78. The zero-order valence-electron chi connectivity index (χ0n) is 14.7. The van der Waals surface area contributed by atoms with Gasteiger partial charge in [0.25, 0.3) is 0 Å². The number of ether oxygens (including phenoxy) is 1. The number of nitrogens with zero attached hydrogens (tertiary/aromatic N) is 1. The van der Waals surface area contributed by atoms with Crippen LogP contribution in [0.4, 0.5) is 10.5 Å². The molecule has 5 heteroatoms. The monoisotopic (exact) mass is 332 g/mol. The summed E-state index contributed by atoms with van der Waals surface area (Å²) in [5, 5.41) is 13.3. The Morgan fingerprint density at radius 1 is 1.25 bits per heavy atom. The van der Waals surface area contributed by atoms with Crippen LogP contribution >= 0.6 is 0 Å². The van der Waals surface area contributed by atoms with E-state index >= 15 is 0 Å². The molecule has 0 radical (unpaired) electrons. The van der Waals surface area contributed by atoms with Crippen LogP contribution in [0.15, 0.2) is 24.3 Å². The molecule has 1 spiro atoms. The van der Waals surface area contributed by atoms with Crippen molar-refractivity contribution in [2.45, 2.75) is 57.2 Å². The lowest BCUT2D eigenvalue weighted by Gasteiger charge is -2.48. The van der Waals surface area contributed by atoms with Crippen molar-refractivity contribution in [2.24, 2.45) is 0 Å². The fourth-order valence-electron chi connectivity index (χ4n) is 3.79. The van der Waals surface area contributed by atoms with Crippen molar-refractivity contribution in [2.75, 3.05) is 25.0 Å². The highest BCUT2D eigenvalue weighted by molar-refractivity contribution is 5.89. The predicted octanol–water partition coefficient (Wildman–Crippen LogP) is 3.18. The highest BCUT2D eigenvalue weighted by Crippen LogP contribution is 2.39. The molecule has 2 amide bonds. The van der Waals surface area contributed by atoms with Crippen LogP contribution in [-0.2, 0) is 11.2 Å². The zero-order valence-corrected chi connectivity index (χ0v) is 14.7. The minimum atomic E-state index is -0.649. The summed E-state index contributed by atoms with van der Waals surface area (Å²) in [6, 6.07) is 7.92. The normalized spacial score (nSPS) is 26.4. The molecule has 2 aliphatic heterocycles. The van der Waals surface area contributed by atoms with E-state index in [-0.39, 0.29) is 11.6 Å².